The predicted molar refractivity (Wildman–Crippen MR) is 114 cm³/mol. The molecule has 172 valence electrons. The van der Waals surface area contributed by atoms with E-state index in [0.717, 1.165) is 18.2 Å². The highest BCUT2D eigenvalue weighted by molar-refractivity contribution is 5.92. The Morgan fingerprint density at radius 1 is 0.853 bits per heavy atom. The third-order valence-corrected chi connectivity index (χ3v) is 4.20. The molecule has 15 nitrogen and oxygen atoms in total. The maximum absolute atomic E-state index is 12.4. The lowest BCUT2D eigenvalue weighted by atomic mass is 10.1. The smallest absolute Gasteiger partial charge is 0.357 e. The molecule has 1 aromatic heterocycles. The SMILES string of the molecule is O=C(Oc1cccc(C=Cc2[nH]c(=O)[nH]c(=O)c2[N+](=O)[O-])c1)c1cc([N+](=O)[O-])cc([N+](=O)[O-])c1. The Hall–Kier alpha value is -5.47. The van der Waals surface area contributed by atoms with E-state index >= 15 is 0 Å². The zero-order valence-corrected chi connectivity index (χ0v) is 16.6. The monoisotopic (exact) mass is 469 g/mol. The van der Waals surface area contributed by atoms with Crippen molar-refractivity contribution in [2.24, 2.45) is 0 Å². The number of H-pyrrole nitrogens is 2. The van der Waals surface area contributed by atoms with Gasteiger partial charge in [0.1, 0.15) is 11.4 Å². The van der Waals surface area contributed by atoms with E-state index in [1.807, 2.05) is 0 Å². The summed E-state index contributed by atoms with van der Waals surface area (Å²) in [5.41, 5.74) is -4.86. The van der Waals surface area contributed by atoms with Gasteiger partial charge in [-0.3, -0.25) is 40.1 Å². The predicted octanol–water partition coefficient (Wildman–Crippen LogP) is 2.18. The van der Waals surface area contributed by atoms with Crippen LogP contribution >= 0.6 is 0 Å². The molecule has 0 fully saturated rings. The minimum atomic E-state index is -1.19. The summed E-state index contributed by atoms with van der Waals surface area (Å²) in [6.07, 6.45) is 2.38. The van der Waals surface area contributed by atoms with Crippen molar-refractivity contribution in [3.63, 3.8) is 0 Å². The lowest BCUT2D eigenvalue weighted by Gasteiger charge is -2.05. The number of carbonyl (C=O) groups is 1. The Morgan fingerprint density at radius 3 is 2.09 bits per heavy atom. The number of aromatic nitrogens is 2. The summed E-state index contributed by atoms with van der Waals surface area (Å²) < 4.78 is 5.12. The van der Waals surface area contributed by atoms with Crippen LogP contribution in [0.25, 0.3) is 12.2 Å². The Kier molecular flexibility index (Phi) is 6.38. The molecule has 0 amide bonds. The Balaban J connectivity index is 1.89. The molecular formula is C19H11N5O10. The lowest BCUT2D eigenvalue weighted by molar-refractivity contribution is -0.394. The fourth-order valence-electron chi connectivity index (χ4n) is 2.75. The van der Waals surface area contributed by atoms with E-state index < -0.39 is 54.6 Å². The van der Waals surface area contributed by atoms with Crippen molar-refractivity contribution in [2.75, 3.05) is 0 Å². The summed E-state index contributed by atoms with van der Waals surface area (Å²) in [7, 11) is 0. The highest BCUT2D eigenvalue weighted by atomic mass is 16.6. The minimum Gasteiger partial charge on any atom is -0.423 e. The topological polar surface area (TPSA) is 221 Å². The Bertz CT molecular complexity index is 1460. The first kappa shape index (κ1) is 23.2. The zero-order chi connectivity index (χ0) is 25.0. The first-order valence-corrected chi connectivity index (χ1v) is 9.00. The van der Waals surface area contributed by atoms with Gasteiger partial charge in [-0.25, -0.2) is 9.59 Å². The van der Waals surface area contributed by atoms with Gasteiger partial charge in [0.05, 0.1) is 26.4 Å². The van der Waals surface area contributed by atoms with Gasteiger partial charge in [0.25, 0.3) is 11.4 Å². The molecule has 0 radical (unpaired) electrons. The minimum absolute atomic E-state index is 0.0600. The number of hydrogen-bond donors (Lipinski definition) is 2. The van der Waals surface area contributed by atoms with E-state index in [2.05, 4.69) is 4.98 Å². The van der Waals surface area contributed by atoms with Crippen molar-refractivity contribution in [3.05, 3.63) is 110 Å². The molecule has 0 aliphatic heterocycles. The summed E-state index contributed by atoms with van der Waals surface area (Å²) in [6, 6.07) is 7.93. The first-order valence-electron chi connectivity index (χ1n) is 9.00. The molecule has 2 aromatic carbocycles. The molecule has 3 aromatic rings. The Morgan fingerprint density at radius 2 is 1.50 bits per heavy atom. The molecule has 0 bridgehead atoms. The number of nitro benzene ring substituents is 2. The van der Waals surface area contributed by atoms with Gasteiger partial charge in [0, 0.05) is 12.1 Å². The zero-order valence-electron chi connectivity index (χ0n) is 16.6. The second kappa shape index (κ2) is 9.35. The number of benzene rings is 2. The third-order valence-electron chi connectivity index (χ3n) is 4.20. The van der Waals surface area contributed by atoms with Crippen molar-refractivity contribution in [1.29, 1.82) is 0 Å². The van der Waals surface area contributed by atoms with E-state index in [1.165, 1.54) is 30.3 Å². The number of non-ortho nitro benzene ring substituents is 2. The van der Waals surface area contributed by atoms with Crippen LogP contribution in [-0.2, 0) is 0 Å². The van der Waals surface area contributed by atoms with Crippen LogP contribution in [0, 0.1) is 30.3 Å². The standard InChI is InChI=1S/C19H11N5O10/c25-17-16(24(32)33)15(20-19(27)21-17)5-4-10-2-1-3-14(6-10)34-18(26)11-7-12(22(28)29)9-13(8-11)23(30)31/h1-9H,(H2,20,21,25,27). The largest absolute Gasteiger partial charge is 0.423 e. The molecule has 0 aliphatic carbocycles. The molecule has 34 heavy (non-hydrogen) atoms. The number of nitro groups is 3. The second-order valence-corrected chi connectivity index (χ2v) is 6.48. The van der Waals surface area contributed by atoms with Crippen LogP contribution in [0.15, 0.2) is 52.1 Å². The van der Waals surface area contributed by atoms with Crippen molar-refractivity contribution in [1.82, 2.24) is 9.97 Å². The molecule has 0 unspecified atom stereocenters. The van der Waals surface area contributed by atoms with E-state index in [1.54, 1.807) is 4.98 Å². The third kappa shape index (κ3) is 5.22. The van der Waals surface area contributed by atoms with Crippen LogP contribution in [0.3, 0.4) is 0 Å². The van der Waals surface area contributed by atoms with E-state index in [-0.39, 0.29) is 11.4 Å². The maximum atomic E-state index is 12.4. The molecule has 15 heteroatoms. The second-order valence-electron chi connectivity index (χ2n) is 6.48. The van der Waals surface area contributed by atoms with Gasteiger partial charge in [-0.2, -0.15) is 0 Å². The quantitative estimate of drug-likeness (QED) is 0.222. The summed E-state index contributed by atoms with van der Waals surface area (Å²) in [4.78, 5) is 69.7. The number of rotatable bonds is 7. The van der Waals surface area contributed by atoms with Crippen molar-refractivity contribution >= 4 is 35.2 Å². The average molecular weight is 469 g/mol. The Labute approximate surface area is 186 Å². The van der Waals surface area contributed by atoms with Gasteiger partial charge in [0.15, 0.2) is 0 Å². The van der Waals surface area contributed by atoms with Crippen LogP contribution in [0.4, 0.5) is 17.1 Å². The van der Waals surface area contributed by atoms with E-state index in [4.69, 9.17) is 4.74 Å². The normalized spacial score (nSPS) is 10.7. The highest BCUT2D eigenvalue weighted by Crippen LogP contribution is 2.24. The van der Waals surface area contributed by atoms with Crippen molar-refractivity contribution in [3.8, 4) is 5.75 Å². The van der Waals surface area contributed by atoms with Crippen LogP contribution < -0.4 is 16.0 Å². The summed E-state index contributed by atoms with van der Waals surface area (Å²) in [5, 5.41) is 33.1. The fraction of sp³-hybridized carbons (Fsp3) is 0. The van der Waals surface area contributed by atoms with Gasteiger partial charge in [0.2, 0.25) is 0 Å². The summed E-state index contributed by atoms with van der Waals surface area (Å²) >= 11 is 0. The van der Waals surface area contributed by atoms with Gasteiger partial charge in [-0.05, 0) is 23.8 Å². The number of nitrogens with zero attached hydrogens (tertiary/aromatic N) is 3. The van der Waals surface area contributed by atoms with E-state index in [9.17, 15) is 44.7 Å². The molecule has 0 saturated heterocycles. The van der Waals surface area contributed by atoms with Crippen LogP contribution in [0.2, 0.25) is 0 Å². The molecule has 0 aliphatic rings. The maximum Gasteiger partial charge on any atom is 0.357 e. The first-order chi connectivity index (χ1) is 16.0. The number of nitrogens with one attached hydrogen (secondary N) is 2. The van der Waals surface area contributed by atoms with Crippen LogP contribution in [0.5, 0.6) is 5.75 Å². The number of aromatic amines is 2. The number of carbonyl (C=O) groups excluding carboxylic acids is 1. The van der Waals surface area contributed by atoms with Gasteiger partial charge in [-0.15, -0.1) is 0 Å². The summed E-state index contributed by atoms with van der Waals surface area (Å²) in [6.45, 7) is 0. The van der Waals surface area contributed by atoms with Crippen molar-refractivity contribution < 1.29 is 24.3 Å². The van der Waals surface area contributed by atoms with Crippen LogP contribution in [0.1, 0.15) is 21.6 Å². The molecule has 3 rings (SSSR count). The van der Waals surface area contributed by atoms with Crippen LogP contribution in [-0.4, -0.2) is 30.7 Å². The van der Waals surface area contributed by atoms with Gasteiger partial charge < -0.3 is 9.72 Å². The summed E-state index contributed by atoms with van der Waals surface area (Å²) in [5.74, 6) is -1.17. The molecule has 1 heterocycles. The van der Waals surface area contributed by atoms with Gasteiger partial charge >= 0.3 is 22.9 Å². The van der Waals surface area contributed by atoms with Crippen molar-refractivity contribution in [2.45, 2.75) is 0 Å². The fourth-order valence-corrected chi connectivity index (χ4v) is 2.75. The molecule has 0 spiro atoms. The number of esters is 1. The number of hydrogen-bond acceptors (Lipinski definition) is 10. The highest BCUT2D eigenvalue weighted by Gasteiger charge is 2.21. The lowest BCUT2D eigenvalue weighted by Crippen LogP contribution is -2.25. The average Bonchev–Trinajstić information content (AvgIpc) is 2.76. The molecule has 0 saturated carbocycles. The molecular weight excluding hydrogens is 458 g/mol. The van der Waals surface area contributed by atoms with E-state index in [0.29, 0.717) is 11.6 Å². The van der Waals surface area contributed by atoms with Gasteiger partial charge in [-0.1, -0.05) is 18.2 Å². The molecule has 2 N–H and O–H groups in total. The molecule has 0 atom stereocenters. The number of ether oxygens (including phenoxy) is 1.